The monoisotopic (exact) mass is 278 g/mol. The summed E-state index contributed by atoms with van der Waals surface area (Å²) in [4.78, 5) is 19.0. The van der Waals surface area contributed by atoms with Crippen LogP contribution in [0.4, 0.5) is 5.82 Å². The SMILES string of the molecule is CC1CCN(c2nccn(C(C)(C)C)c2=O)CC1CN. The van der Waals surface area contributed by atoms with Crippen molar-refractivity contribution >= 4 is 5.82 Å². The van der Waals surface area contributed by atoms with Gasteiger partial charge in [0.25, 0.3) is 5.56 Å². The van der Waals surface area contributed by atoms with Gasteiger partial charge in [0.05, 0.1) is 0 Å². The first kappa shape index (κ1) is 15.0. The maximum Gasteiger partial charge on any atom is 0.293 e. The lowest BCUT2D eigenvalue weighted by Gasteiger charge is -2.37. The molecule has 0 aromatic carbocycles. The minimum absolute atomic E-state index is 0.00896. The molecule has 1 aromatic rings. The number of hydrogen-bond acceptors (Lipinski definition) is 4. The van der Waals surface area contributed by atoms with Crippen LogP contribution >= 0.6 is 0 Å². The van der Waals surface area contributed by atoms with Gasteiger partial charge in [-0.15, -0.1) is 0 Å². The lowest BCUT2D eigenvalue weighted by Crippen LogP contribution is -2.46. The summed E-state index contributed by atoms with van der Waals surface area (Å²) in [6, 6.07) is 0. The first-order valence-electron chi connectivity index (χ1n) is 7.37. The Morgan fingerprint density at radius 2 is 2.15 bits per heavy atom. The van der Waals surface area contributed by atoms with E-state index in [1.54, 1.807) is 17.0 Å². The Morgan fingerprint density at radius 3 is 2.75 bits per heavy atom. The Labute approximate surface area is 120 Å². The molecule has 2 unspecified atom stereocenters. The van der Waals surface area contributed by atoms with E-state index in [1.165, 1.54) is 0 Å². The number of rotatable bonds is 2. The summed E-state index contributed by atoms with van der Waals surface area (Å²) in [5.74, 6) is 1.62. The lowest BCUT2D eigenvalue weighted by molar-refractivity contribution is 0.305. The second kappa shape index (κ2) is 5.56. The predicted molar refractivity (Wildman–Crippen MR) is 82.0 cm³/mol. The van der Waals surface area contributed by atoms with E-state index >= 15 is 0 Å². The minimum atomic E-state index is -0.231. The van der Waals surface area contributed by atoms with E-state index in [4.69, 9.17) is 5.73 Å². The molecule has 0 spiro atoms. The summed E-state index contributed by atoms with van der Waals surface area (Å²) in [5, 5.41) is 0. The van der Waals surface area contributed by atoms with Crippen molar-refractivity contribution in [1.29, 1.82) is 0 Å². The Hall–Kier alpha value is -1.36. The van der Waals surface area contributed by atoms with Crippen LogP contribution in [0.5, 0.6) is 0 Å². The summed E-state index contributed by atoms with van der Waals surface area (Å²) in [6.07, 6.45) is 4.55. The molecule has 0 radical (unpaired) electrons. The Morgan fingerprint density at radius 1 is 1.45 bits per heavy atom. The zero-order valence-corrected chi connectivity index (χ0v) is 13.0. The predicted octanol–water partition coefficient (Wildman–Crippen LogP) is 1.42. The molecule has 2 rings (SSSR count). The van der Waals surface area contributed by atoms with Gasteiger partial charge >= 0.3 is 0 Å². The molecule has 112 valence electrons. The zero-order chi connectivity index (χ0) is 14.9. The molecular weight excluding hydrogens is 252 g/mol. The van der Waals surface area contributed by atoms with E-state index in [-0.39, 0.29) is 11.1 Å². The van der Waals surface area contributed by atoms with Crippen molar-refractivity contribution in [3.8, 4) is 0 Å². The third-order valence-corrected chi connectivity index (χ3v) is 4.26. The van der Waals surface area contributed by atoms with Crippen LogP contribution in [-0.2, 0) is 5.54 Å². The molecule has 2 heterocycles. The van der Waals surface area contributed by atoms with Crippen LogP contribution in [0.25, 0.3) is 0 Å². The van der Waals surface area contributed by atoms with Gasteiger partial charge in [-0.2, -0.15) is 0 Å². The molecule has 1 aliphatic heterocycles. The molecule has 0 bridgehead atoms. The van der Waals surface area contributed by atoms with Crippen LogP contribution < -0.4 is 16.2 Å². The smallest absolute Gasteiger partial charge is 0.293 e. The van der Waals surface area contributed by atoms with Crippen LogP contribution in [0.15, 0.2) is 17.2 Å². The molecule has 20 heavy (non-hydrogen) atoms. The van der Waals surface area contributed by atoms with Gasteiger partial charge in [0, 0.05) is 31.0 Å². The van der Waals surface area contributed by atoms with Crippen LogP contribution in [0.3, 0.4) is 0 Å². The molecular formula is C15H26N4O. The standard InChI is InChI=1S/C15H26N4O/c1-11-5-7-18(10-12(11)9-16)13-14(20)19(8-6-17-13)15(2,3)4/h6,8,11-12H,5,7,9-10,16H2,1-4H3. The van der Waals surface area contributed by atoms with E-state index in [1.807, 2.05) is 20.8 Å². The first-order chi connectivity index (χ1) is 9.34. The molecule has 2 atom stereocenters. The summed E-state index contributed by atoms with van der Waals surface area (Å²) in [7, 11) is 0. The number of hydrogen-bond donors (Lipinski definition) is 1. The highest BCUT2D eigenvalue weighted by atomic mass is 16.1. The molecule has 5 heteroatoms. The molecule has 1 aromatic heterocycles. The van der Waals surface area contributed by atoms with Gasteiger partial charge in [-0.1, -0.05) is 6.92 Å². The quantitative estimate of drug-likeness (QED) is 0.888. The fraction of sp³-hybridized carbons (Fsp3) is 0.733. The Bertz CT molecular complexity index is 517. The van der Waals surface area contributed by atoms with Gasteiger partial charge in [-0.05, 0) is 45.6 Å². The Kier molecular flexibility index (Phi) is 4.18. The van der Waals surface area contributed by atoms with Crippen molar-refractivity contribution in [1.82, 2.24) is 9.55 Å². The molecule has 1 fully saturated rings. The van der Waals surface area contributed by atoms with Crippen molar-refractivity contribution in [2.75, 3.05) is 24.5 Å². The van der Waals surface area contributed by atoms with Crippen molar-refractivity contribution in [3.63, 3.8) is 0 Å². The van der Waals surface area contributed by atoms with E-state index in [9.17, 15) is 4.79 Å². The van der Waals surface area contributed by atoms with E-state index in [2.05, 4.69) is 16.8 Å². The highest BCUT2D eigenvalue weighted by molar-refractivity contribution is 5.36. The summed E-state index contributed by atoms with van der Waals surface area (Å²) >= 11 is 0. The maximum atomic E-state index is 12.6. The summed E-state index contributed by atoms with van der Waals surface area (Å²) in [6.45, 7) is 10.7. The molecule has 0 aliphatic carbocycles. The minimum Gasteiger partial charge on any atom is -0.352 e. The average molecular weight is 278 g/mol. The van der Waals surface area contributed by atoms with Crippen molar-refractivity contribution in [2.24, 2.45) is 17.6 Å². The van der Waals surface area contributed by atoms with Crippen LogP contribution in [0.1, 0.15) is 34.1 Å². The van der Waals surface area contributed by atoms with Crippen molar-refractivity contribution in [3.05, 3.63) is 22.7 Å². The molecule has 5 nitrogen and oxygen atoms in total. The Balaban J connectivity index is 2.32. The van der Waals surface area contributed by atoms with Gasteiger partial charge in [0.15, 0.2) is 5.82 Å². The third-order valence-electron chi connectivity index (χ3n) is 4.26. The molecule has 1 saturated heterocycles. The number of piperidine rings is 1. The second-order valence-corrected chi connectivity index (χ2v) is 6.80. The summed E-state index contributed by atoms with van der Waals surface area (Å²) < 4.78 is 1.75. The second-order valence-electron chi connectivity index (χ2n) is 6.80. The van der Waals surface area contributed by atoms with Crippen LogP contribution in [0.2, 0.25) is 0 Å². The maximum absolute atomic E-state index is 12.6. The normalized spacial score (nSPS) is 23.9. The molecule has 2 N–H and O–H groups in total. The van der Waals surface area contributed by atoms with E-state index in [0.717, 1.165) is 19.5 Å². The van der Waals surface area contributed by atoms with Crippen molar-refractivity contribution < 1.29 is 0 Å². The van der Waals surface area contributed by atoms with Crippen LogP contribution in [0, 0.1) is 11.8 Å². The number of aromatic nitrogens is 2. The number of nitrogens with zero attached hydrogens (tertiary/aromatic N) is 3. The zero-order valence-electron chi connectivity index (χ0n) is 13.0. The lowest BCUT2D eigenvalue weighted by atomic mass is 9.87. The average Bonchev–Trinajstić information content (AvgIpc) is 2.38. The van der Waals surface area contributed by atoms with Gasteiger partial charge in [0.1, 0.15) is 0 Å². The fourth-order valence-corrected chi connectivity index (χ4v) is 2.80. The fourth-order valence-electron chi connectivity index (χ4n) is 2.80. The third kappa shape index (κ3) is 2.87. The van der Waals surface area contributed by atoms with Gasteiger partial charge in [0.2, 0.25) is 0 Å². The topological polar surface area (TPSA) is 64.2 Å². The van der Waals surface area contributed by atoms with E-state index in [0.29, 0.717) is 24.2 Å². The molecule has 0 amide bonds. The van der Waals surface area contributed by atoms with Crippen LogP contribution in [-0.4, -0.2) is 29.2 Å². The van der Waals surface area contributed by atoms with Gasteiger partial charge in [-0.25, -0.2) is 4.98 Å². The molecule has 0 saturated carbocycles. The van der Waals surface area contributed by atoms with Crippen molar-refractivity contribution in [2.45, 2.75) is 39.7 Å². The van der Waals surface area contributed by atoms with Gasteiger partial charge in [-0.3, -0.25) is 4.79 Å². The largest absolute Gasteiger partial charge is 0.352 e. The van der Waals surface area contributed by atoms with Gasteiger partial charge < -0.3 is 15.2 Å². The van der Waals surface area contributed by atoms with E-state index < -0.39 is 0 Å². The number of anilines is 1. The number of nitrogens with two attached hydrogens (primary N) is 1. The first-order valence-corrected chi connectivity index (χ1v) is 7.37. The summed E-state index contributed by atoms with van der Waals surface area (Å²) in [5.41, 5.74) is 5.60. The highest BCUT2D eigenvalue weighted by Gasteiger charge is 2.28. The molecule has 1 aliphatic rings. The highest BCUT2D eigenvalue weighted by Crippen LogP contribution is 2.24.